The number of ether oxygens (including phenoxy) is 1. The number of carbonyl (C=O) groups is 2. The highest BCUT2D eigenvalue weighted by atomic mass is 16.5. The first-order valence-electron chi connectivity index (χ1n) is 9.72. The molecule has 26 heavy (non-hydrogen) atoms. The predicted molar refractivity (Wildman–Crippen MR) is 99.9 cm³/mol. The average Bonchev–Trinajstić information content (AvgIpc) is 2.65. The molecule has 0 fully saturated rings. The van der Waals surface area contributed by atoms with Gasteiger partial charge >= 0.3 is 0 Å². The summed E-state index contributed by atoms with van der Waals surface area (Å²) in [6, 6.07) is 7.89. The van der Waals surface area contributed by atoms with Crippen LogP contribution in [0.25, 0.3) is 0 Å². The first-order chi connectivity index (χ1) is 12.7. The lowest BCUT2D eigenvalue weighted by atomic mass is 9.71. The van der Waals surface area contributed by atoms with Gasteiger partial charge in [0, 0.05) is 46.9 Å². The van der Waals surface area contributed by atoms with Crippen LogP contribution >= 0.6 is 0 Å². The number of ketones is 2. The second-order valence-corrected chi connectivity index (χ2v) is 7.28. The van der Waals surface area contributed by atoms with Gasteiger partial charge in [0.2, 0.25) is 0 Å². The van der Waals surface area contributed by atoms with E-state index in [0.29, 0.717) is 19.4 Å². The SMILES string of the molecule is CCCOc1ccccc1C1C2=C(CCCC2=O)NC2=C1C(=O)CCC2. The lowest BCUT2D eigenvalue weighted by Gasteiger charge is -2.37. The molecule has 4 rings (SSSR count). The van der Waals surface area contributed by atoms with E-state index in [0.717, 1.165) is 66.0 Å². The Kier molecular flexibility index (Phi) is 4.66. The lowest BCUT2D eigenvalue weighted by molar-refractivity contribution is -0.116. The Morgan fingerprint density at radius 3 is 2.19 bits per heavy atom. The zero-order chi connectivity index (χ0) is 18.1. The fourth-order valence-electron chi connectivity index (χ4n) is 4.36. The minimum absolute atomic E-state index is 0.166. The lowest BCUT2D eigenvalue weighted by Crippen LogP contribution is -2.36. The molecule has 3 aliphatic rings. The molecule has 4 heteroatoms. The van der Waals surface area contributed by atoms with E-state index in [1.54, 1.807) is 0 Å². The van der Waals surface area contributed by atoms with Gasteiger partial charge in [-0.3, -0.25) is 9.59 Å². The fourth-order valence-corrected chi connectivity index (χ4v) is 4.36. The summed E-state index contributed by atoms with van der Waals surface area (Å²) in [4.78, 5) is 25.7. The molecular weight excluding hydrogens is 326 g/mol. The predicted octanol–water partition coefficient (Wildman–Crippen LogP) is 4.18. The van der Waals surface area contributed by atoms with Crippen molar-refractivity contribution in [3.63, 3.8) is 0 Å². The van der Waals surface area contributed by atoms with Gasteiger partial charge in [-0.05, 0) is 38.2 Å². The molecule has 2 aliphatic carbocycles. The van der Waals surface area contributed by atoms with E-state index in [9.17, 15) is 9.59 Å². The van der Waals surface area contributed by atoms with Crippen molar-refractivity contribution < 1.29 is 14.3 Å². The standard InChI is InChI=1S/C22H25NO3/c1-2-13-26-19-12-4-3-7-14(19)20-21-15(8-5-10-17(21)24)23-16-9-6-11-18(25)22(16)20/h3-4,7,12,20,23H,2,5-6,8-11,13H2,1H3. The van der Waals surface area contributed by atoms with Gasteiger partial charge < -0.3 is 10.1 Å². The van der Waals surface area contributed by atoms with Gasteiger partial charge in [0.1, 0.15) is 5.75 Å². The number of hydrogen-bond donors (Lipinski definition) is 1. The molecule has 0 saturated carbocycles. The van der Waals surface area contributed by atoms with Crippen LogP contribution in [0, 0.1) is 0 Å². The third kappa shape index (κ3) is 2.87. The Bertz CT molecular complexity index is 776. The number of carbonyl (C=O) groups excluding carboxylic acids is 2. The summed E-state index contributed by atoms with van der Waals surface area (Å²) >= 11 is 0. The molecule has 1 aromatic rings. The van der Waals surface area contributed by atoms with Crippen molar-refractivity contribution >= 4 is 11.6 Å². The van der Waals surface area contributed by atoms with E-state index in [4.69, 9.17) is 4.74 Å². The van der Waals surface area contributed by atoms with Crippen LogP contribution in [0.2, 0.25) is 0 Å². The number of rotatable bonds is 4. The van der Waals surface area contributed by atoms with E-state index in [2.05, 4.69) is 12.2 Å². The summed E-state index contributed by atoms with van der Waals surface area (Å²) in [5.41, 5.74) is 4.57. The molecule has 136 valence electrons. The number of benzene rings is 1. The summed E-state index contributed by atoms with van der Waals surface area (Å²) in [5.74, 6) is 0.838. The highest BCUT2D eigenvalue weighted by Crippen LogP contribution is 2.47. The van der Waals surface area contributed by atoms with Crippen molar-refractivity contribution in [2.24, 2.45) is 0 Å². The second-order valence-electron chi connectivity index (χ2n) is 7.28. The van der Waals surface area contributed by atoms with Crippen molar-refractivity contribution in [2.75, 3.05) is 6.61 Å². The van der Waals surface area contributed by atoms with E-state index < -0.39 is 0 Å². The van der Waals surface area contributed by atoms with Gasteiger partial charge in [-0.15, -0.1) is 0 Å². The van der Waals surface area contributed by atoms with Crippen LogP contribution in [-0.2, 0) is 9.59 Å². The normalized spacial score (nSPS) is 20.7. The molecule has 4 nitrogen and oxygen atoms in total. The largest absolute Gasteiger partial charge is 0.493 e. The third-order valence-electron chi connectivity index (χ3n) is 5.48. The first kappa shape index (κ1) is 17.1. The number of dihydropyridines is 1. The van der Waals surface area contributed by atoms with Gasteiger partial charge in [-0.2, -0.15) is 0 Å². The molecule has 0 aromatic heterocycles. The van der Waals surface area contributed by atoms with Crippen molar-refractivity contribution in [1.82, 2.24) is 5.32 Å². The number of Topliss-reactive ketones (excluding diaryl/α,β-unsaturated/α-hetero) is 2. The topological polar surface area (TPSA) is 55.4 Å². The molecule has 0 spiro atoms. The molecule has 1 aliphatic heterocycles. The first-order valence-corrected chi connectivity index (χ1v) is 9.72. The van der Waals surface area contributed by atoms with Crippen LogP contribution in [0.15, 0.2) is 46.8 Å². The van der Waals surface area contributed by atoms with Crippen LogP contribution in [0.3, 0.4) is 0 Å². The maximum atomic E-state index is 12.8. The zero-order valence-corrected chi connectivity index (χ0v) is 15.3. The van der Waals surface area contributed by atoms with Crippen LogP contribution in [0.5, 0.6) is 5.75 Å². The minimum atomic E-state index is -0.282. The van der Waals surface area contributed by atoms with Gasteiger partial charge in [0.05, 0.1) is 6.61 Å². The number of nitrogens with one attached hydrogen (secondary N) is 1. The summed E-state index contributed by atoms with van der Waals surface area (Å²) in [5, 5.41) is 3.46. The van der Waals surface area contributed by atoms with Crippen LogP contribution in [-0.4, -0.2) is 18.2 Å². The summed E-state index contributed by atoms with van der Waals surface area (Å²) < 4.78 is 5.98. The van der Waals surface area contributed by atoms with Crippen LogP contribution in [0.4, 0.5) is 0 Å². The molecule has 0 saturated heterocycles. The minimum Gasteiger partial charge on any atom is -0.493 e. The van der Waals surface area contributed by atoms with E-state index in [1.807, 2.05) is 24.3 Å². The smallest absolute Gasteiger partial charge is 0.161 e. The Hall–Kier alpha value is -2.36. The molecule has 0 atom stereocenters. The second kappa shape index (κ2) is 7.10. The van der Waals surface area contributed by atoms with Crippen molar-refractivity contribution in [2.45, 2.75) is 57.8 Å². The molecule has 1 aromatic carbocycles. The van der Waals surface area contributed by atoms with Crippen molar-refractivity contribution in [1.29, 1.82) is 0 Å². The molecule has 1 heterocycles. The molecule has 0 amide bonds. The molecule has 1 N–H and O–H groups in total. The molecular formula is C22H25NO3. The van der Waals surface area contributed by atoms with Crippen LogP contribution < -0.4 is 10.1 Å². The van der Waals surface area contributed by atoms with Gasteiger partial charge in [-0.25, -0.2) is 0 Å². The Balaban J connectivity index is 1.88. The van der Waals surface area contributed by atoms with E-state index in [-0.39, 0.29) is 17.5 Å². The maximum Gasteiger partial charge on any atom is 0.161 e. The number of para-hydroxylation sites is 1. The number of allylic oxidation sites excluding steroid dienone is 4. The van der Waals surface area contributed by atoms with Gasteiger partial charge in [0.15, 0.2) is 11.6 Å². The van der Waals surface area contributed by atoms with Crippen LogP contribution in [0.1, 0.15) is 63.4 Å². The van der Waals surface area contributed by atoms with Gasteiger partial charge in [0.25, 0.3) is 0 Å². The average molecular weight is 351 g/mol. The summed E-state index contributed by atoms with van der Waals surface area (Å²) in [6.07, 6.45) is 5.54. The van der Waals surface area contributed by atoms with Crippen molar-refractivity contribution in [3.8, 4) is 5.75 Å². The molecule has 0 unspecified atom stereocenters. The van der Waals surface area contributed by atoms with E-state index >= 15 is 0 Å². The Morgan fingerprint density at radius 1 is 0.962 bits per heavy atom. The molecule has 0 radical (unpaired) electrons. The quantitative estimate of drug-likeness (QED) is 0.884. The van der Waals surface area contributed by atoms with Crippen molar-refractivity contribution in [3.05, 3.63) is 52.4 Å². The fraction of sp³-hybridized carbons (Fsp3) is 0.455. The summed E-state index contributed by atoms with van der Waals surface area (Å²) in [6.45, 7) is 2.70. The number of hydrogen-bond acceptors (Lipinski definition) is 4. The molecule has 0 bridgehead atoms. The highest BCUT2D eigenvalue weighted by molar-refractivity contribution is 6.06. The summed E-state index contributed by atoms with van der Waals surface area (Å²) in [7, 11) is 0. The maximum absolute atomic E-state index is 12.8. The highest BCUT2D eigenvalue weighted by Gasteiger charge is 2.41. The Labute approximate surface area is 154 Å². The monoisotopic (exact) mass is 351 g/mol. The van der Waals surface area contributed by atoms with E-state index in [1.165, 1.54) is 0 Å². The zero-order valence-electron chi connectivity index (χ0n) is 15.3. The Morgan fingerprint density at radius 2 is 1.58 bits per heavy atom. The third-order valence-corrected chi connectivity index (χ3v) is 5.48. The van der Waals surface area contributed by atoms with Gasteiger partial charge in [-0.1, -0.05) is 25.1 Å².